The van der Waals surface area contributed by atoms with Crippen molar-refractivity contribution in [3.05, 3.63) is 59.3 Å². The van der Waals surface area contributed by atoms with Crippen molar-refractivity contribution in [1.29, 1.82) is 0 Å². The summed E-state index contributed by atoms with van der Waals surface area (Å²) >= 11 is 0. The maximum atomic E-state index is 13.5. The molecule has 0 amide bonds. The van der Waals surface area contributed by atoms with Crippen LogP contribution in [0.15, 0.2) is 36.5 Å². The number of benzene rings is 1. The fourth-order valence-corrected chi connectivity index (χ4v) is 1.80. The summed E-state index contributed by atoms with van der Waals surface area (Å²) in [6, 6.07) is 8.00. The Balaban J connectivity index is 2.10. The summed E-state index contributed by atoms with van der Waals surface area (Å²) in [7, 11) is 0. The van der Waals surface area contributed by atoms with E-state index < -0.39 is 5.82 Å². The fourth-order valence-electron chi connectivity index (χ4n) is 1.80. The number of nitrogens with zero attached hydrogens (tertiary/aromatic N) is 1. The van der Waals surface area contributed by atoms with Crippen LogP contribution >= 0.6 is 0 Å². The smallest absolute Gasteiger partial charge is 0.218 e. The quantitative estimate of drug-likeness (QED) is 0.885. The van der Waals surface area contributed by atoms with Gasteiger partial charge in [0.15, 0.2) is 0 Å². The molecule has 3 nitrogen and oxygen atoms in total. The first kappa shape index (κ1) is 15.4. The van der Waals surface area contributed by atoms with E-state index in [0.29, 0.717) is 23.6 Å². The first-order chi connectivity index (χ1) is 10.1. The second-order valence-corrected chi connectivity index (χ2v) is 5.03. The number of aromatic nitrogens is 1. The van der Waals surface area contributed by atoms with Gasteiger partial charge in [-0.25, -0.2) is 13.8 Å². The van der Waals surface area contributed by atoms with E-state index in [1.54, 1.807) is 18.2 Å². The van der Waals surface area contributed by atoms with Crippen LogP contribution in [-0.2, 0) is 13.2 Å². The monoisotopic (exact) mass is 292 g/mol. The molecular weight excluding hydrogens is 274 g/mol. The van der Waals surface area contributed by atoms with Gasteiger partial charge in [-0.15, -0.1) is 0 Å². The molecule has 0 saturated heterocycles. The number of hydrogen-bond acceptors (Lipinski definition) is 3. The highest BCUT2D eigenvalue weighted by Crippen LogP contribution is 2.18. The van der Waals surface area contributed by atoms with Crippen molar-refractivity contribution >= 4 is 0 Å². The molecule has 0 atom stereocenters. The van der Waals surface area contributed by atoms with Crippen molar-refractivity contribution in [3.63, 3.8) is 0 Å². The van der Waals surface area contributed by atoms with Gasteiger partial charge in [-0.05, 0) is 12.1 Å². The van der Waals surface area contributed by atoms with Crippen LogP contribution < -0.4 is 10.1 Å². The molecule has 0 aliphatic heterocycles. The molecule has 0 radical (unpaired) electrons. The van der Waals surface area contributed by atoms with E-state index in [1.165, 1.54) is 12.1 Å². The molecule has 1 aromatic heterocycles. The lowest BCUT2D eigenvalue weighted by atomic mass is 10.2. The molecule has 5 heteroatoms. The van der Waals surface area contributed by atoms with Crippen LogP contribution in [0.2, 0.25) is 0 Å². The summed E-state index contributed by atoms with van der Waals surface area (Å²) in [4.78, 5) is 3.94. The molecule has 1 heterocycles. The van der Waals surface area contributed by atoms with Crippen LogP contribution in [0, 0.1) is 11.6 Å². The van der Waals surface area contributed by atoms with Crippen LogP contribution in [0.1, 0.15) is 25.0 Å². The molecule has 0 fully saturated rings. The average Bonchev–Trinajstić information content (AvgIpc) is 2.45. The molecule has 2 rings (SSSR count). The minimum Gasteiger partial charge on any atom is -0.472 e. The summed E-state index contributed by atoms with van der Waals surface area (Å²) in [5, 5.41) is 3.18. The van der Waals surface area contributed by atoms with Crippen LogP contribution in [0.4, 0.5) is 8.78 Å². The van der Waals surface area contributed by atoms with E-state index in [-0.39, 0.29) is 18.5 Å². The fraction of sp³-hybridized carbons (Fsp3) is 0.312. The molecule has 0 aliphatic carbocycles. The SMILES string of the molecule is CC(C)NCc1cc(F)cnc1OCc1ccccc1F. The van der Waals surface area contributed by atoms with Crippen LogP contribution in [0.5, 0.6) is 5.88 Å². The van der Waals surface area contributed by atoms with Gasteiger partial charge in [-0.2, -0.15) is 0 Å². The van der Waals surface area contributed by atoms with Crippen LogP contribution in [0.3, 0.4) is 0 Å². The Bertz CT molecular complexity index is 603. The number of halogens is 2. The predicted molar refractivity (Wildman–Crippen MR) is 76.9 cm³/mol. The van der Waals surface area contributed by atoms with Crippen molar-refractivity contribution in [2.75, 3.05) is 0 Å². The molecule has 112 valence electrons. The van der Waals surface area contributed by atoms with Gasteiger partial charge in [-0.3, -0.25) is 0 Å². The van der Waals surface area contributed by atoms with Gasteiger partial charge in [0.05, 0.1) is 6.20 Å². The Labute approximate surface area is 123 Å². The van der Waals surface area contributed by atoms with Gasteiger partial charge < -0.3 is 10.1 Å². The Kier molecular flexibility index (Phi) is 5.22. The molecule has 0 spiro atoms. The number of ether oxygens (including phenoxy) is 1. The van der Waals surface area contributed by atoms with Crippen molar-refractivity contribution in [2.24, 2.45) is 0 Å². The number of pyridine rings is 1. The van der Waals surface area contributed by atoms with E-state index in [4.69, 9.17) is 4.74 Å². The highest BCUT2D eigenvalue weighted by atomic mass is 19.1. The molecule has 21 heavy (non-hydrogen) atoms. The van der Waals surface area contributed by atoms with Crippen molar-refractivity contribution in [1.82, 2.24) is 10.3 Å². The van der Waals surface area contributed by atoms with Crippen LogP contribution in [-0.4, -0.2) is 11.0 Å². The third-order valence-corrected chi connectivity index (χ3v) is 2.91. The van der Waals surface area contributed by atoms with Crippen molar-refractivity contribution in [2.45, 2.75) is 33.0 Å². The maximum Gasteiger partial charge on any atom is 0.218 e. The zero-order chi connectivity index (χ0) is 15.2. The molecule has 0 unspecified atom stereocenters. The van der Waals surface area contributed by atoms with E-state index in [2.05, 4.69) is 10.3 Å². The number of nitrogens with one attached hydrogen (secondary N) is 1. The average molecular weight is 292 g/mol. The summed E-state index contributed by atoms with van der Waals surface area (Å²) in [6.45, 7) is 4.48. The Morgan fingerprint density at radius 3 is 2.67 bits per heavy atom. The standard InChI is InChI=1S/C16H18F2N2O/c1-11(2)19-8-13-7-14(17)9-20-16(13)21-10-12-5-3-4-6-15(12)18/h3-7,9,11,19H,8,10H2,1-2H3. The Hall–Kier alpha value is -2.01. The highest BCUT2D eigenvalue weighted by Gasteiger charge is 2.09. The van der Waals surface area contributed by atoms with Gasteiger partial charge in [-0.1, -0.05) is 32.0 Å². The largest absolute Gasteiger partial charge is 0.472 e. The van der Waals surface area contributed by atoms with Crippen molar-refractivity contribution < 1.29 is 13.5 Å². The molecule has 0 bridgehead atoms. The van der Waals surface area contributed by atoms with Gasteiger partial charge in [0.25, 0.3) is 0 Å². The predicted octanol–water partition coefficient (Wildman–Crippen LogP) is 3.44. The summed E-state index contributed by atoms with van der Waals surface area (Å²) in [5.74, 6) is -0.442. The molecule has 2 aromatic rings. The van der Waals surface area contributed by atoms with Gasteiger partial charge in [0.2, 0.25) is 5.88 Å². The summed E-state index contributed by atoms with van der Waals surface area (Å²) < 4.78 is 32.4. The molecule has 1 N–H and O–H groups in total. The van der Waals surface area contributed by atoms with Gasteiger partial charge >= 0.3 is 0 Å². The van der Waals surface area contributed by atoms with E-state index in [9.17, 15) is 8.78 Å². The van der Waals surface area contributed by atoms with Crippen LogP contribution in [0.25, 0.3) is 0 Å². The Morgan fingerprint density at radius 1 is 1.19 bits per heavy atom. The van der Waals surface area contributed by atoms with E-state index in [0.717, 1.165) is 6.20 Å². The normalized spacial score (nSPS) is 10.9. The zero-order valence-corrected chi connectivity index (χ0v) is 12.1. The highest BCUT2D eigenvalue weighted by molar-refractivity contribution is 5.27. The van der Waals surface area contributed by atoms with Gasteiger partial charge in [0, 0.05) is 23.7 Å². The second kappa shape index (κ2) is 7.13. The van der Waals surface area contributed by atoms with E-state index in [1.807, 2.05) is 13.8 Å². The minimum atomic E-state index is -0.422. The lowest BCUT2D eigenvalue weighted by Gasteiger charge is -2.13. The number of hydrogen-bond donors (Lipinski definition) is 1. The summed E-state index contributed by atoms with van der Waals surface area (Å²) in [6.07, 6.45) is 1.09. The summed E-state index contributed by atoms with van der Waals surface area (Å²) in [5.41, 5.74) is 1.05. The Morgan fingerprint density at radius 2 is 1.95 bits per heavy atom. The number of rotatable bonds is 6. The molecule has 0 saturated carbocycles. The lowest BCUT2D eigenvalue weighted by Crippen LogP contribution is -2.22. The molecule has 1 aromatic carbocycles. The first-order valence-corrected chi connectivity index (χ1v) is 6.80. The lowest BCUT2D eigenvalue weighted by molar-refractivity contribution is 0.282. The minimum absolute atomic E-state index is 0.0555. The maximum absolute atomic E-state index is 13.5. The molecular formula is C16H18F2N2O. The van der Waals surface area contributed by atoms with Gasteiger partial charge in [0.1, 0.15) is 18.2 Å². The topological polar surface area (TPSA) is 34.2 Å². The second-order valence-electron chi connectivity index (χ2n) is 5.03. The van der Waals surface area contributed by atoms with E-state index >= 15 is 0 Å². The third-order valence-electron chi connectivity index (χ3n) is 2.91. The van der Waals surface area contributed by atoms with Crippen molar-refractivity contribution in [3.8, 4) is 5.88 Å². The zero-order valence-electron chi connectivity index (χ0n) is 12.1. The first-order valence-electron chi connectivity index (χ1n) is 6.80. The molecule has 0 aliphatic rings. The third kappa shape index (κ3) is 4.49.